The first kappa shape index (κ1) is 11.3. The van der Waals surface area contributed by atoms with Crippen molar-refractivity contribution in [2.24, 2.45) is 0 Å². The van der Waals surface area contributed by atoms with Crippen LogP contribution in [0.3, 0.4) is 0 Å². The van der Waals surface area contributed by atoms with Crippen LogP contribution in [0.1, 0.15) is 0 Å². The van der Waals surface area contributed by atoms with Gasteiger partial charge in [-0.1, -0.05) is 19.6 Å². The first-order chi connectivity index (χ1) is 3.06. The molecule has 0 aliphatic rings. The van der Waals surface area contributed by atoms with Crippen LogP contribution in [0, 0.1) is 6.04 Å². The Hall–Kier alpha value is 0.424. The maximum Gasteiger partial charge on any atom is 1.00 e. The topological polar surface area (TPSA) is 0 Å². The zero-order chi connectivity index (χ0) is 5.91. The second kappa shape index (κ2) is 4.32. The monoisotopic (exact) mass is 120 g/mol. The Bertz CT molecular complexity index is 63.4. The Morgan fingerprint density at radius 2 is 1.75 bits per heavy atom. The predicted octanol–water partition coefficient (Wildman–Crippen LogP) is -0.742. The van der Waals surface area contributed by atoms with Gasteiger partial charge in [-0.3, -0.25) is 0 Å². The van der Waals surface area contributed by atoms with E-state index in [-0.39, 0.29) is 18.9 Å². The average molecular weight is 120 g/mol. The summed E-state index contributed by atoms with van der Waals surface area (Å²) in [7, 11) is -0.900. The van der Waals surface area contributed by atoms with E-state index in [0.29, 0.717) is 0 Å². The fourth-order valence-corrected chi connectivity index (χ4v) is 1.06. The van der Waals surface area contributed by atoms with Crippen molar-refractivity contribution < 1.29 is 18.9 Å². The standard InChI is InChI=1S/C6H13Si.Li/c1-5-6-7(2,3)4;/h5-6H,1H2,2-4H3;/q-1;+1. The van der Waals surface area contributed by atoms with E-state index < -0.39 is 8.07 Å². The first-order valence-corrected chi connectivity index (χ1v) is 6.11. The number of rotatable bonds is 2. The SMILES string of the molecule is C=C[CH-][Si](C)(C)C.[Li+]. The Kier molecular flexibility index (Phi) is 6.07. The third kappa shape index (κ3) is 9.66. The van der Waals surface area contributed by atoms with Crippen molar-refractivity contribution in [2.75, 3.05) is 0 Å². The van der Waals surface area contributed by atoms with Gasteiger partial charge >= 0.3 is 18.9 Å². The quantitative estimate of drug-likeness (QED) is 0.332. The summed E-state index contributed by atoms with van der Waals surface area (Å²) < 4.78 is 0. The van der Waals surface area contributed by atoms with E-state index in [1.54, 1.807) is 0 Å². The molecule has 0 saturated heterocycles. The van der Waals surface area contributed by atoms with Crippen molar-refractivity contribution in [1.29, 1.82) is 0 Å². The first-order valence-electron chi connectivity index (χ1n) is 2.53. The molecule has 0 aliphatic carbocycles. The Morgan fingerprint density at radius 1 is 1.38 bits per heavy atom. The summed E-state index contributed by atoms with van der Waals surface area (Å²) in [4.78, 5) is 0. The fourth-order valence-electron chi connectivity index (χ4n) is 0.354. The van der Waals surface area contributed by atoms with Crippen LogP contribution >= 0.6 is 0 Å². The summed E-state index contributed by atoms with van der Waals surface area (Å²) in [6.07, 6.45) is 1.90. The minimum atomic E-state index is -0.900. The van der Waals surface area contributed by atoms with Crippen LogP contribution in [-0.2, 0) is 0 Å². The minimum Gasteiger partial charge on any atom is -0.245 e. The van der Waals surface area contributed by atoms with E-state index in [0.717, 1.165) is 0 Å². The van der Waals surface area contributed by atoms with Gasteiger partial charge in [0.1, 0.15) is 0 Å². The van der Waals surface area contributed by atoms with Gasteiger partial charge < -0.3 is 0 Å². The predicted molar refractivity (Wildman–Crippen MR) is 37.8 cm³/mol. The second-order valence-electron chi connectivity index (χ2n) is 2.77. The Balaban J connectivity index is 0. The van der Waals surface area contributed by atoms with E-state index in [4.69, 9.17) is 0 Å². The fraction of sp³-hybridized carbons (Fsp3) is 0.500. The Labute approximate surface area is 65.6 Å². The van der Waals surface area contributed by atoms with Gasteiger partial charge in [0, 0.05) is 0 Å². The average Bonchev–Trinajstić information content (AvgIpc) is 1.30. The smallest absolute Gasteiger partial charge is 0.245 e. The minimum absolute atomic E-state index is 0. The van der Waals surface area contributed by atoms with E-state index in [9.17, 15) is 0 Å². The number of hydrogen-bond donors (Lipinski definition) is 0. The molecule has 0 spiro atoms. The maximum atomic E-state index is 3.63. The van der Waals surface area contributed by atoms with Crippen molar-refractivity contribution in [3.63, 3.8) is 0 Å². The van der Waals surface area contributed by atoms with Gasteiger partial charge in [0.05, 0.1) is 0 Å². The molecule has 0 aromatic rings. The molecule has 0 radical (unpaired) electrons. The summed E-state index contributed by atoms with van der Waals surface area (Å²) in [6.45, 7) is 10.5. The summed E-state index contributed by atoms with van der Waals surface area (Å²) in [5, 5.41) is 0. The molecule has 0 rings (SSSR count). The van der Waals surface area contributed by atoms with E-state index in [1.807, 2.05) is 6.08 Å². The summed E-state index contributed by atoms with van der Waals surface area (Å²) in [5.74, 6) is 0. The van der Waals surface area contributed by atoms with Crippen LogP contribution in [0.2, 0.25) is 19.6 Å². The van der Waals surface area contributed by atoms with Gasteiger partial charge in [0.2, 0.25) is 0 Å². The molecule has 0 N–H and O–H groups in total. The summed E-state index contributed by atoms with van der Waals surface area (Å²) >= 11 is 0. The third-order valence-corrected chi connectivity index (χ3v) is 1.85. The molecule has 0 saturated carbocycles. The van der Waals surface area contributed by atoms with Crippen molar-refractivity contribution in [2.45, 2.75) is 19.6 Å². The molecule has 0 unspecified atom stereocenters. The van der Waals surface area contributed by atoms with Crippen molar-refractivity contribution in [1.82, 2.24) is 0 Å². The molecule has 0 heterocycles. The Morgan fingerprint density at radius 3 is 1.75 bits per heavy atom. The van der Waals surface area contributed by atoms with Crippen molar-refractivity contribution in [3.8, 4) is 0 Å². The van der Waals surface area contributed by atoms with Gasteiger partial charge in [-0.2, -0.15) is 0 Å². The zero-order valence-corrected chi connectivity index (χ0v) is 7.36. The second-order valence-corrected chi connectivity index (χ2v) is 7.83. The summed E-state index contributed by atoms with van der Waals surface area (Å²) in [5.41, 5.74) is 0. The van der Waals surface area contributed by atoms with Crippen molar-refractivity contribution >= 4 is 8.07 Å². The van der Waals surface area contributed by atoms with E-state index >= 15 is 0 Å². The molecule has 0 fully saturated rings. The van der Waals surface area contributed by atoms with Crippen LogP contribution in [-0.4, -0.2) is 8.07 Å². The molecule has 0 atom stereocenters. The van der Waals surface area contributed by atoms with E-state index in [2.05, 4.69) is 32.3 Å². The molecular weight excluding hydrogens is 107 g/mol. The molecule has 0 bridgehead atoms. The van der Waals surface area contributed by atoms with Gasteiger partial charge in [0.15, 0.2) is 0 Å². The number of hydrogen-bond acceptors (Lipinski definition) is 0. The molecule has 0 nitrogen and oxygen atoms in total. The molecule has 8 heavy (non-hydrogen) atoms. The van der Waals surface area contributed by atoms with Crippen molar-refractivity contribution in [3.05, 3.63) is 18.7 Å². The molecular formula is C6H13LiSi. The van der Waals surface area contributed by atoms with Crippen LogP contribution in [0.5, 0.6) is 0 Å². The van der Waals surface area contributed by atoms with Gasteiger partial charge in [-0.15, -0.1) is 0 Å². The normalized spacial score (nSPS) is 9.38. The van der Waals surface area contributed by atoms with Gasteiger partial charge in [-0.05, 0) is 8.07 Å². The molecule has 0 aromatic carbocycles. The molecule has 0 aromatic heterocycles. The summed E-state index contributed by atoms with van der Waals surface area (Å²) in [6, 6.07) is 2.22. The molecule has 2 heteroatoms. The van der Waals surface area contributed by atoms with Crippen LogP contribution < -0.4 is 18.9 Å². The third-order valence-electron chi connectivity index (χ3n) is 0.618. The van der Waals surface area contributed by atoms with Gasteiger partial charge in [0.25, 0.3) is 0 Å². The zero-order valence-electron chi connectivity index (χ0n) is 6.36. The van der Waals surface area contributed by atoms with Crippen LogP contribution in [0.15, 0.2) is 12.7 Å². The van der Waals surface area contributed by atoms with Crippen LogP contribution in [0.25, 0.3) is 0 Å². The van der Waals surface area contributed by atoms with E-state index in [1.165, 1.54) is 0 Å². The van der Waals surface area contributed by atoms with Crippen LogP contribution in [0.4, 0.5) is 0 Å². The molecule has 0 amide bonds. The maximum absolute atomic E-state index is 3.63. The largest absolute Gasteiger partial charge is 1.00 e. The molecule has 42 valence electrons. The van der Waals surface area contributed by atoms with Gasteiger partial charge in [-0.25, -0.2) is 18.7 Å². The number of allylic oxidation sites excluding steroid dienone is 1. The molecule has 0 aliphatic heterocycles.